The third-order valence-corrected chi connectivity index (χ3v) is 6.14. The molecule has 0 saturated carbocycles. The molecule has 2 aromatic heterocycles. The maximum atomic E-state index is 13.1. The van der Waals surface area contributed by atoms with Crippen LogP contribution in [0.1, 0.15) is 49.6 Å². The summed E-state index contributed by atoms with van der Waals surface area (Å²) in [5.74, 6) is 0.267. The SMILES string of the molecule is CCCN(C(=O)CCc1c(C)nc2c3ccccc3nn2c1C)C1CCNCC1. The first-order valence-electron chi connectivity index (χ1n) is 10.8. The van der Waals surface area contributed by atoms with Crippen molar-refractivity contribution in [1.29, 1.82) is 0 Å². The van der Waals surface area contributed by atoms with E-state index in [0.29, 0.717) is 18.9 Å². The van der Waals surface area contributed by atoms with Crippen LogP contribution in [0, 0.1) is 13.8 Å². The van der Waals surface area contributed by atoms with Gasteiger partial charge in [-0.15, -0.1) is 0 Å². The molecule has 3 heterocycles. The molecule has 3 aromatic rings. The highest BCUT2D eigenvalue weighted by molar-refractivity contribution is 5.92. The van der Waals surface area contributed by atoms with Gasteiger partial charge >= 0.3 is 0 Å². The number of hydrogen-bond acceptors (Lipinski definition) is 4. The van der Waals surface area contributed by atoms with Crippen LogP contribution in [0.5, 0.6) is 0 Å². The Kier molecular flexibility index (Phi) is 5.81. The van der Waals surface area contributed by atoms with Gasteiger partial charge in [0.1, 0.15) is 0 Å². The monoisotopic (exact) mass is 393 g/mol. The number of benzene rings is 1. The zero-order valence-corrected chi connectivity index (χ0v) is 17.7. The van der Waals surface area contributed by atoms with E-state index in [0.717, 1.165) is 72.4 Å². The van der Waals surface area contributed by atoms with E-state index in [1.807, 2.05) is 29.6 Å². The maximum Gasteiger partial charge on any atom is 0.223 e. The Morgan fingerprint density at radius 2 is 2.00 bits per heavy atom. The molecule has 1 aromatic carbocycles. The second-order valence-corrected chi connectivity index (χ2v) is 8.08. The van der Waals surface area contributed by atoms with Crippen molar-refractivity contribution < 1.29 is 4.79 Å². The first kappa shape index (κ1) is 19.8. The summed E-state index contributed by atoms with van der Waals surface area (Å²) in [5.41, 5.74) is 5.07. The lowest BCUT2D eigenvalue weighted by Gasteiger charge is -2.34. The van der Waals surface area contributed by atoms with Crippen molar-refractivity contribution in [2.75, 3.05) is 19.6 Å². The van der Waals surface area contributed by atoms with Gasteiger partial charge in [0.05, 0.1) is 5.52 Å². The molecule has 6 nitrogen and oxygen atoms in total. The van der Waals surface area contributed by atoms with E-state index in [2.05, 4.69) is 30.1 Å². The van der Waals surface area contributed by atoms with Crippen LogP contribution >= 0.6 is 0 Å². The van der Waals surface area contributed by atoms with Crippen molar-refractivity contribution in [2.24, 2.45) is 0 Å². The number of carbonyl (C=O) groups is 1. The van der Waals surface area contributed by atoms with E-state index in [4.69, 9.17) is 10.1 Å². The molecule has 6 heteroatoms. The van der Waals surface area contributed by atoms with Gasteiger partial charge in [-0.1, -0.05) is 19.1 Å². The van der Waals surface area contributed by atoms with Crippen molar-refractivity contribution in [2.45, 2.75) is 58.9 Å². The van der Waals surface area contributed by atoms with Gasteiger partial charge in [0, 0.05) is 35.8 Å². The molecule has 1 amide bonds. The maximum absolute atomic E-state index is 13.1. The molecule has 154 valence electrons. The van der Waals surface area contributed by atoms with Crippen molar-refractivity contribution in [3.8, 4) is 0 Å². The third kappa shape index (κ3) is 3.86. The lowest BCUT2D eigenvalue weighted by molar-refractivity contribution is -0.134. The molecule has 0 bridgehead atoms. The van der Waals surface area contributed by atoms with Crippen LogP contribution in [0.2, 0.25) is 0 Å². The minimum atomic E-state index is 0.267. The molecule has 0 aliphatic carbocycles. The Bertz CT molecular complexity index is 1020. The summed E-state index contributed by atoms with van der Waals surface area (Å²) in [6, 6.07) is 8.48. The van der Waals surface area contributed by atoms with Crippen LogP contribution in [-0.4, -0.2) is 51.1 Å². The number of carbonyl (C=O) groups excluding carboxylic acids is 1. The molecule has 1 N–H and O–H groups in total. The van der Waals surface area contributed by atoms with Crippen LogP contribution in [0.15, 0.2) is 24.3 Å². The summed E-state index contributed by atoms with van der Waals surface area (Å²) >= 11 is 0. The molecule has 0 atom stereocenters. The summed E-state index contributed by atoms with van der Waals surface area (Å²) in [4.78, 5) is 20.1. The molecule has 1 aliphatic rings. The topological polar surface area (TPSA) is 62.5 Å². The fraction of sp³-hybridized carbons (Fsp3) is 0.522. The largest absolute Gasteiger partial charge is 0.340 e. The molecule has 0 unspecified atom stereocenters. The van der Waals surface area contributed by atoms with Gasteiger partial charge in [0.2, 0.25) is 5.91 Å². The first-order valence-corrected chi connectivity index (χ1v) is 10.8. The Hall–Kier alpha value is -2.47. The van der Waals surface area contributed by atoms with E-state index in [9.17, 15) is 4.79 Å². The highest BCUT2D eigenvalue weighted by Crippen LogP contribution is 2.23. The number of piperidine rings is 1. The number of amides is 1. The number of hydrogen-bond donors (Lipinski definition) is 1. The molecule has 0 radical (unpaired) electrons. The second kappa shape index (κ2) is 8.49. The fourth-order valence-corrected chi connectivity index (χ4v) is 4.58. The van der Waals surface area contributed by atoms with Crippen LogP contribution in [0.3, 0.4) is 0 Å². The Morgan fingerprint density at radius 3 is 2.76 bits per heavy atom. The van der Waals surface area contributed by atoms with Gasteiger partial charge in [-0.05, 0) is 70.3 Å². The minimum Gasteiger partial charge on any atom is -0.340 e. The molecule has 1 aliphatic heterocycles. The predicted molar refractivity (Wildman–Crippen MR) is 116 cm³/mol. The molecule has 29 heavy (non-hydrogen) atoms. The van der Waals surface area contributed by atoms with E-state index in [1.165, 1.54) is 0 Å². The summed E-state index contributed by atoms with van der Waals surface area (Å²) in [6.45, 7) is 9.14. The fourth-order valence-electron chi connectivity index (χ4n) is 4.58. The van der Waals surface area contributed by atoms with Crippen molar-refractivity contribution in [3.63, 3.8) is 0 Å². The Labute approximate surface area is 172 Å². The number of nitrogens with zero attached hydrogens (tertiary/aromatic N) is 4. The zero-order valence-electron chi connectivity index (χ0n) is 17.7. The highest BCUT2D eigenvalue weighted by Gasteiger charge is 2.25. The predicted octanol–water partition coefficient (Wildman–Crippen LogP) is 3.42. The van der Waals surface area contributed by atoms with E-state index in [1.54, 1.807) is 0 Å². The van der Waals surface area contributed by atoms with Gasteiger partial charge in [-0.25, -0.2) is 9.50 Å². The van der Waals surface area contributed by atoms with E-state index >= 15 is 0 Å². The average molecular weight is 394 g/mol. The molecular formula is C23H31N5O. The first-order chi connectivity index (χ1) is 14.1. The van der Waals surface area contributed by atoms with Crippen molar-refractivity contribution >= 4 is 22.5 Å². The average Bonchev–Trinajstić information content (AvgIpc) is 3.11. The van der Waals surface area contributed by atoms with Crippen LogP contribution in [-0.2, 0) is 11.2 Å². The zero-order chi connectivity index (χ0) is 20.4. The number of rotatable bonds is 6. The van der Waals surface area contributed by atoms with Gasteiger partial charge < -0.3 is 10.2 Å². The lowest BCUT2D eigenvalue weighted by atomic mass is 10.0. The lowest BCUT2D eigenvalue weighted by Crippen LogP contribution is -2.46. The quantitative estimate of drug-likeness (QED) is 0.697. The molecule has 4 rings (SSSR count). The number of fused-ring (bicyclic) bond motifs is 3. The van der Waals surface area contributed by atoms with Crippen molar-refractivity contribution in [3.05, 3.63) is 41.2 Å². The van der Waals surface area contributed by atoms with Crippen LogP contribution < -0.4 is 5.32 Å². The van der Waals surface area contributed by atoms with E-state index < -0.39 is 0 Å². The standard InChI is InChI=1S/C23H31N5O/c1-4-15-27(18-11-13-24-14-12-18)22(29)10-9-19-16(2)25-23-20-7-5-6-8-21(20)26-28(23)17(19)3/h5-8,18,24H,4,9-15H2,1-3H3. The summed E-state index contributed by atoms with van der Waals surface area (Å²) in [5, 5.41) is 9.20. The summed E-state index contributed by atoms with van der Waals surface area (Å²) < 4.78 is 1.94. The third-order valence-electron chi connectivity index (χ3n) is 6.14. The van der Waals surface area contributed by atoms with Gasteiger partial charge in [0.25, 0.3) is 0 Å². The minimum absolute atomic E-state index is 0.267. The van der Waals surface area contributed by atoms with Gasteiger partial charge in [-0.3, -0.25) is 4.79 Å². The molecular weight excluding hydrogens is 362 g/mol. The smallest absolute Gasteiger partial charge is 0.223 e. The highest BCUT2D eigenvalue weighted by atomic mass is 16.2. The molecule has 1 fully saturated rings. The number of aryl methyl sites for hydroxylation is 2. The summed E-state index contributed by atoms with van der Waals surface area (Å²) in [6.07, 6.45) is 4.34. The number of aromatic nitrogens is 3. The van der Waals surface area contributed by atoms with E-state index in [-0.39, 0.29) is 5.91 Å². The Balaban J connectivity index is 1.56. The van der Waals surface area contributed by atoms with Crippen LogP contribution in [0.25, 0.3) is 16.6 Å². The van der Waals surface area contributed by atoms with Gasteiger partial charge in [0.15, 0.2) is 5.65 Å². The Morgan fingerprint density at radius 1 is 1.24 bits per heavy atom. The summed E-state index contributed by atoms with van der Waals surface area (Å²) in [7, 11) is 0. The number of nitrogens with one attached hydrogen (secondary N) is 1. The normalized spacial score (nSPS) is 15.3. The van der Waals surface area contributed by atoms with Gasteiger partial charge in [-0.2, -0.15) is 5.10 Å². The molecule has 0 spiro atoms. The van der Waals surface area contributed by atoms with Crippen molar-refractivity contribution in [1.82, 2.24) is 24.8 Å². The van der Waals surface area contributed by atoms with Crippen LogP contribution in [0.4, 0.5) is 0 Å². The molecule has 1 saturated heterocycles. The second-order valence-electron chi connectivity index (χ2n) is 8.08.